The van der Waals surface area contributed by atoms with Crippen LogP contribution in [0.1, 0.15) is 31.8 Å². The van der Waals surface area contributed by atoms with E-state index in [0.29, 0.717) is 11.1 Å². The van der Waals surface area contributed by atoms with Gasteiger partial charge >= 0.3 is 5.97 Å². The molecule has 0 spiro atoms. The van der Waals surface area contributed by atoms with Crippen LogP contribution in [0, 0.1) is 19.8 Å². The Labute approximate surface area is 121 Å². The minimum absolute atomic E-state index is 0.0192. The van der Waals surface area contributed by atoms with E-state index in [-0.39, 0.29) is 13.2 Å². The van der Waals surface area contributed by atoms with Gasteiger partial charge in [-0.2, -0.15) is 0 Å². The summed E-state index contributed by atoms with van der Waals surface area (Å²) in [6, 6.07) is 2.85. The molecule has 2 amide bonds. The van der Waals surface area contributed by atoms with Crippen LogP contribution in [-0.2, 0) is 9.53 Å². The Kier molecular flexibility index (Phi) is 3.06. The minimum Gasteiger partial charge on any atom is -0.481 e. The van der Waals surface area contributed by atoms with Crippen molar-refractivity contribution < 1.29 is 24.2 Å². The number of carbonyl (C=O) groups excluding carboxylic acids is 2. The molecule has 1 saturated heterocycles. The average Bonchev–Trinajstić information content (AvgIpc) is 2.98. The Bertz CT molecular complexity index is 625. The van der Waals surface area contributed by atoms with Crippen LogP contribution in [0.2, 0.25) is 0 Å². The van der Waals surface area contributed by atoms with Gasteiger partial charge in [0.15, 0.2) is 0 Å². The molecule has 21 heavy (non-hydrogen) atoms. The van der Waals surface area contributed by atoms with Crippen molar-refractivity contribution in [3.05, 3.63) is 34.4 Å². The van der Waals surface area contributed by atoms with Crippen molar-refractivity contribution in [2.24, 2.45) is 5.92 Å². The van der Waals surface area contributed by atoms with E-state index in [0.717, 1.165) is 16.0 Å². The van der Waals surface area contributed by atoms with Crippen molar-refractivity contribution in [2.75, 3.05) is 13.2 Å². The van der Waals surface area contributed by atoms with E-state index >= 15 is 0 Å². The van der Waals surface area contributed by atoms with Crippen LogP contribution in [0.3, 0.4) is 0 Å². The first-order valence-corrected chi connectivity index (χ1v) is 6.72. The number of aliphatic carboxylic acids is 1. The van der Waals surface area contributed by atoms with Crippen LogP contribution in [0.5, 0.6) is 0 Å². The molecular weight excluding hydrogens is 274 g/mol. The highest BCUT2D eigenvalue weighted by molar-refractivity contribution is 6.23. The normalized spacial score (nSPS) is 24.6. The molecule has 2 aliphatic rings. The van der Waals surface area contributed by atoms with E-state index in [1.165, 1.54) is 0 Å². The van der Waals surface area contributed by atoms with Crippen molar-refractivity contribution in [3.8, 4) is 0 Å². The highest BCUT2D eigenvalue weighted by atomic mass is 16.5. The molecule has 110 valence electrons. The van der Waals surface area contributed by atoms with E-state index in [4.69, 9.17) is 4.74 Å². The molecule has 1 fully saturated rings. The number of aryl methyl sites for hydroxylation is 2. The standard InChI is InChI=1S/C15H15NO5/c1-7-3-4-8(2)12-11(7)13(17)16(14(12)18)10-6-21-5-9(10)15(19)20/h3-4,9-10H,5-6H2,1-2H3,(H,19,20). The molecule has 2 aliphatic heterocycles. The number of carbonyl (C=O) groups is 3. The summed E-state index contributed by atoms with van der Waals surface area (Å²) in [5.41, 5.74) is 2.22. The first-order valence-electron chi connectivity index (χ1n) is 6.72. The highest BCUT2D eigenvalue weighted by Crippen LogP contribution is 2.33. The van der Waals surface area contributed by atoms with Crippen molar-refractivity contribution in [1.82, 2.24) is 4.90 Å². The third-order valence-corrected chi connectivity index (χ3v) is 4.19. The number of benzene rings is 1. The van der Waals surface area contributed by atoms with Gasteiger partial charge in [-0.05, 0) is 25.0 Å². The van der Waals surface area contributed by atoms with E-state index in [2.05, 4.69) is 0 Å². The van der Waals surface area contributed by atoms with Gasteiger partial charge in [0.1, 0.15) is 5.92 Å². The number of nitrogens with zero attached hydrogens (tertiary/aromatic N) is 1. The molecule has 2 heterocycles. The molecular formula is C15H15NO5. The van der Waals surface area contributed by atoms with Gasteiger partial charge in [0.25, 0.3) is 11.8 Å². The van der Waals surface area contributed by atoms with Crippen LogP contribution >= 0.6 is 0 Å². The van der Waals surface area contributed by atoms with Gasteiger partial charge in [0.2, 0.25) is 0 Å². The molecule has 1 aromatic carbocycles. The zero-order chi connectivity index (χ0) is 15.3. The number of hydrogen-bond acceptors (Lipinski definition) is 4. The number of carboxylic acids is 1. The topological polar surface area (TPSA) is 83.9 Å². The summed E-state index contributed by atoms with van der Waals surface area (Å²) in [4.78, 5) is 37.5. The Morgan fingerprint density at radius 3 is 2.14 bits per heavy atom. The number of carboxylic acid groups (broad SMARTS) is 1. The first-order chi connectivity index (χ1) is 9.93. The van der Waals surface area contributed by atoms with Gasteiger partial charge in [-0.1, -0.05) is 12.1 Å². The third kappa shape index (κ3) is 1.86. The van der Waals surface area contributed by atoms with Crippen molar-refractivity contribution in [2.45, 2.75) is 19.9 Å². The molecule has 0 saturated carbocycles. The monoisotopic (exact) mass is 289 g/mol. The number of fused-ring (bicyclic) bond motifs is 1. The Morgan fingerprint density at radius 2 is 1.67 bits per heavy atom. The molecule has 2 atom stereocenters. The van der Waals surface area contributed by atoms with Crippen LogP contribution < -0.4 is 0 Å². The molecule has 6 nitrogen and oxygen atoms in total. The van der Waals surface area contributed by atoms with E-state index in [1.54, 1.807) is 26.0 Å². The lowest BCUT2D eigenvalue weighted by molar-refractivity contribution is -0.142. The number of ether oxygens (including phenoxy) is 1. The summed E-state index contributed by atoms with van der Waals surface area (Å²) in [6.45, 7) is 3.63. The zero-order valence-corrected chi connectivity index (χ0v) is 11.8. The van der Waals surface area contributed by atoms with Crippen molar-refractivity contribution in [3.63, 3.8) is 0 Å². The molecule has 6 heteroatoms. The number of hydrogen-bond donors (Lipinski definition) is 1. The summed E-state index contributed by atoms with van der Waals surface area (Å²) >= 11 is 0. The molecule has 0 aromatic heterocycles. The summed E-state index contributed by atoms with van der Waals surface area (Å²) in [7, 11) is 0. The molecule has 0 bridgehead atoms. The minimum atomic E-state index is -1.05. The molecule has 2 unspecified atom stereocenters. The lowest BCUT2D eigenvalue weighted by Crippen LogP contribution is -2.46. The van der Waals surface area contributed by atoms with Gasteiger partial charge < -0.3 is 9.84 Å². The van der Waals surface area contributed by atoms with E-state index < -0.39 is 29.7 Å². The second kappa shape index (κ2) is 4.66. The predicted molar refractivity (Wildman–Crippen MR) is 72.1 cm³/mol. The maximum Gasteiger partial charge on any atom is 0.311 e. The average molecular weight is 289 g/mol. The number of amides is 2. The molecule has 1 aromatic rings. The second-order valence-corrected chi connectivity index (χ2v) is 5.48. The summed E-state index contributed by atoms with van der Waals surface area (Å²) in [5.74, 6) is -2.76. The highest BCUT2D eigenvalue weighted by Gasteiger charge is 2.48. The maximum atomic E-state index is 12.6. The van der Waals surface area contributed by atoms with Crippen molar-refractivity contribution in [1.29, 1.82) is 0 Å². The van der Waals surface area contributed by atoms with Gasteiger partial charge in [0.05, 0.1) is 30.4 Å². The smallest absolute Gasteiger partial charge is 0.311 e. The molecule has 3 rings (SSSR count). The van der Waals surface area contributed by atoms with Crippen LogP contribution in [0.4, 0.5) is 0 Å². The predicted octanol–water partition coefficient (Wildman–Crippen LogP) is 0.999. The quantitative estimate of drug-likeness (QED) is 0.821. The Morgan fingerprint density at radius 1 is 1.14 bits per heavy atom. The van der Waals surface area contributed by atoms with Gasteiger partial charge in [-0.3, -0.25) is 19.3 Å². The van der Waals surface area contributed by atoms with Crippen LogP contribution in [0.15, 0.2) is 12.1 Å². The summed E-state index contributed by atoms with van der Waals surface area (Å²) < 4.78 is 5.17. The second-order valence-electron chi connectivity index (χ2n) is 5.48. The molecule has 0 aliphatic carbocycles. The van der Waals surface area contributed by atoms with E-state index in [9.17, 15) is 19.5 Å². The SMILES string of the molecule is Cc1ccc(C)c2c1C(=O)N(C1COCC1C(=O)O)C2=O. The fourth-order valence-corrected chi connectivity index (χ4v) is 3.03. The zero-order valence-electron chi connectivity index (χ0n) is 11.8. The maximum absolute atomic E-state index is 12.6. The van der Waals surface area contributed by atoms with Gasteiger partial charge in [-0.25, -0.2) is 0 Å². The van der Waals surface area contributed by atoms with Gasteiger partial charge in [0, 0.05) is 0 Å². The molecule has 0 radical (unpaired) electrons. The lowest BCUT2D eigenvalue weighted by atomic mass is 9.99. The fraction of sp³-hybridized carbons (Fsp3) is 0.400. The van der Waals surface area contributed by atoms with Crippen LogP contribution in [0.25, 0.3) is 0 Å². The largest absolute Gasteiger partial charge is 0.481 e. The summed E-state index contributed by atoms with van der Waals surface area (Å²) in [6.07, 6.45) is 0. The first kappa shape index (κ1) is 13.8. The molecule has 1 N–H and O–H groups in total. The number of imide groups is 1. The third-order valence-electron chi connectivity index (χ3n) is 4.19. The summed E-state index contributed by atoms with van der Waals surface area (Å²) in [5, 5.41) is 9.21. The Balaban J connectivity index is 2.06. The van der Waals surface area contributed by atoms with E-state index in [1.807, 2.05) is 0 Å². The Hall–Kier alpha value is -2.21. The van der Waals surface area contributed by atoms with Gasteiger partial charge in [-0.15, -0.1) is 0 Å². The lowest BCUT2D eigenvalue weighted by Gasteiger charge is -2.23. The fourth-order valence-electron chi connectivity index (χ4n) is 3.03. The number of rotatable bonds is 2. The van der Waals surface area contributed by atoms with Crippen LogP contribution in [-0.4, -0.2) is 47.0 Å². The van der Waals surface area contributed by atoms with Crippen molar-refractivity contribution >= 4 is 17.8 Å².